The molecule has 140 valence electrons. The molecule has 0 saturated carbocycles. The summed E-state index contributed by atoms with van der Waals surface area (Å²) in [6, 6.07) is 14.2. The number of likely N-dealkylation sites (tertiary alicyclic amines) is 1. The SMILES string of the molecule is Cc1ccc([N+](=O)[O-])cc1NC(=O)[C@@H]1CC(=O)N(CCc2ccccc2)C1. The molecular formula is C20H21N3O4. The number of aryl methyl sites for hydroxylation is 1. The minimum absolute atomic E-state index is 0.0400. The van der Waals surface area contributed by atoms with Gasteiger partial charge >= 0.3 is 0 Å². The molecule has 2 aromatic carbocycles. The first kappa shape index (κ1) is 18.6. The molecule has 0 unspecified atom stereocenters. The van der Waals surface area contributed by atoms with Gasteiger partial charge in [-0.1, -0.05) is 36.4 Å². The highest BCUT2D eigenvalue weighted by molar-refractivity contribution is 5.97. The molecule has 7 heteroatoms. The summed E-state index contributed by atoms with van der Waals surface area (Å²) in [6.07, 6.45) is 0.902. The fraction of sp³-hybridized carbons (Fsp3) is 0.300. The molecule has 0 aliphatic carbocycles. The number of rotatable bonds is 6. The van der Waals surface area contributed by atoms with Crippen LogP contribution in [0.2, 0.25) is 0 Å². The van der Waals surface area contributed by atoms with Crippen molar-refractivity contribution in [2.24, 2.45) is 5.92 Å². The van der Waals surface area contributed by atoms with Crippen molar-refractivity contribution in [1.82, 2.24) is 4.90 Å². The van der Waals surface area contributed by atoms with Crippen molar-refractivity contribution in [2.45, 2.75) is 19.8 Å². The zero-order chi connectivity index (χ0) is 19.4. The summed E-state index contributed by atoms with van der Waals surface area (Å²) in [5, 5.41) is 13.7. The third-order valence-corrected chi connectivity index (χ3v) is 4.79. The molecule has 7 nitrogen and oxygen atoms in total. The largest absolute Gasteiger partial charge is 0.342 e. The fourth-order valence-electron chi connectivity index (χ4n) is 3.17. The second-order valence-corrected chi connectivity index (χ2v) is 6.72. The maximum atomic E-state index is 12.6. The Kier molecular flexibility index (Phi) is 5.49. The Morgan fingerprint density at radius 1 is 1.26 bits per heavy atom. The third kappa shape index (κ3) is 4.49. The van der Waals surface area contributed by atoms with E-state index in [4.69, 9.17) is 0 Å². The number of anilines is 1. The van der Waals surface area contributed by atoms with E-state index in [0.29, 0.717) is 18.8 Å². The first-order chi connectivity index (χ1) is 12.9. The Morgan fingerprint density at radius 3 is 2.70 bits per heavy atom. The number of non-ortho nitro benzene ring substituents is 1. The quantitative estimate of drug-likeness (QED) is 0.627. The first-order valence-electron chi connectivity index (χ1n) is 8.81. The smallest absolute Gasteiger partial charge is 0.271 e. The van der Waals surface area contributed by atoms with Crippen LogP contribution in [0.25, 0.3) is 0 Å². The molecule has 27 heavy (non-hydrogen) atoms. The summed E-state index contributed by atoms with van der Waals surface area (Å²) in [7, 11) is 0. The van der Waals surface area contributed by atoms with E-state index in [-0.39, 0.29) is 23.9 Å². The number of nitro benzene ring substituents is 1. The van der Waals surface area contributed by atoms with Gasteiger partial charge < -0.3 is 10.2 Å². The van der Waals surface area contributed by atoms with Gasteiger partial charge in [-0.05, 0) is 24.5 Å². The normalized spacial score (nSPS) is 16.4. The van der Waals surface area contributed by atoms with Crippen LogP contribution in [0.3, 0.4) is 0 Å². The van der Waals surface area contributed by atoms with Gasteiger partial charge in [-0.2, -0.15) is 0 Å². The second kappa shape index (κ2) is 7.99. The van der Waals surface area contributed by atoms with E-state index in [1.807, 2.05) is 30.3 Å². The van der Waals surface area contributed by atoms with Crippen LogP contribution < -0.4 is 5.32 Å². The van der Waals surface area contributed by atoms with Gasteiger partial charge in [-0.25, -0.2) is 0 Å². The number of nitro groups is 1. The average Bonchev–Trinajstić information content (AvgIpc) is 3.03. The second-order valence-electron chi connectivity index (χ2n) is 6.72. The molecule has 1 saturated heterocycles. The zero-order valence-corrected chi connectivity index (χ0v) is 15.1. The van der Waals surface area contributed by atoms with E-state index in [9.17, 15) is 19.7 Å². The Bertz CT molecular complexity index is 867. The molecule has 1 aliphatic rings. The minimum Gasteiger partial charge on any atom is -0.342 e. The molecule has 0 radical (unpaired) electrons. The zero-order valence-electron chi connectivity index (χ0n) is 15.1. The Balaban J connectivity index is 1.60. The van der Waals surface area contributed by atoms with E-state index < -0.39 is 10.8 Å². The fourth-order valence-corrected chi connectivity index (χ4v) is 3.17. The number of nitrogens with one attached hydrogen (secondary N) is 1. The summed E-state index contributed by atoms with van der Waals surface area (Å²) in [6.45, 7) is 2.71. The van der Waals surface area contributed by atoms with Gasteiger partial charge in [0, 0.05) is 31.6 Å². The van der Waals surface area contributed by atoms with Crippen LogP contribution in [0.15, 0.2) is 48.5 Å². The number of amides is 2. The Hall–Kier alpha value is -3.22. The number of nitrogens with zero attached hydrogens (tertiary/aromatic N) is 2. The van der Waals surface area contributed by atoms with Crippen LogP contribution in [-0.2, 0) is 16.0 Å². The molecule has 1 N–H and O–H groups in total. The highest BCUT2D eigenvalue weighted by atomic mass is 16.6. The molecule has 2 amide bonds. The average molecular weight is 367 g/mol. The van der Waals surface area contributed by atoms with Crippen molar-refractivity contribution in [3.8, 4) is 0 Å². The van der Waals surface area contributed by atoms with Crippen LogP contribution >= 0.6 is 0 Å². The summed E-state index contributed by atoms with van der Waals surface area (Å²) in [5.41, 5.74) is 2.21. The van der Waals surface area contributed by atoms with E-state index >= 15 is 0 Å². The topological polar surface area (TPSA) is 92.5 Å². The predicted octanol–water partition coefficient (Wildman–Crippen LogP) is 2.93. The van der Waals surface area contributed by atoms with Crippen molar-refractivity contribution >= 4 is 23.2 Å². The summed E-state index contributed by atoms with van der Waals surface area (Å²) >= 11 is 0. The van der Waals surface area contributed by atoms with Gasteiger partial charge in [0.15, 0.2) is 0 Å². The molecule has 0 spiro atoms. The molecule has 0 bridgehead atoms. The maximum Gasteiger partial charge on any atom is 0.271 e. The monoisotopic (exact) mass is 367 g/mol. The number of benzene rings is 2. The van der Waals surface area contributed by atoms with Crippen molar-refractivity contribution in [3.05, 3.63) is 69.8 Å². The van der Waals surface area contributed by atoms with Crippen LogP contribution in [0, 0.1) is 23.0 Å². The maximum absolute atomic E-state index is 12.6. The summed E-state index contributed by atoms with van der Waals surface area (Å²) in [4.78, 5) is 36.9. The van der Waals surface area contributed by atoms with Gasteiger partial charge in [0.25, 0.3) is 5.69 Å². The van der Waals surface area contributed by atoms with E-state index in [1.165, 1.54) is 12.1 Å². The third-order valence-electron chi connectivity index (χ3n) is 4.79. The Labute approximate surface area is 157 Å². The van der Waals surface area contributed by atoms with Crippen molar-refractivity contribution in [2.75, 3.05) is 18.4 Å². The summed E-state index contributed by atoms with van der Waals surface area (Å²) in [5.74, 6) is -0.775. The standard InChI is InChI=1S/C20H21N3O4/c1-14-7-8-17(23(26)27)12-18(14)21-20(25)16-11-19(24)22(13-16)10-9-15-5-3-2-4-6-15/h2-8,12,16H,9-11,13H2,1H3,(H,21,25)/t16-/m1/s1. The van der Waals surface area contributed by atoms with Gasteiger partial charge in [0.1, 0.15) is 0 Å². The van der Waals surface area contributed by atoms with Gasteiger partial charge in [0.2, 0.25) is 11.8 Å². The van der Waals surface area contributed by atoms with Crippen LogP contribution in [0.5, 0.6) is 0 Å². The van der Waals surface area contributed by atoms with Crippen LogP contribution in [0.4, 0.5) is 11.4 Å². The molecule has 1 atom stereocenters. The van der Waals surface area contributed by atoms with Crippen molar-refractivity contribution in [3.63, 3.8) is 0 Å². The minimum atomic E-state index is -0.500. The lowest BCUT2D eigenvalue weighted by atomic mass is 10.1. The van der Waals surface area contributed by atoms with E-state index in [1.54, 1.807) is 17.9 Å². The number of carbonyl (C=O) groups is 2. The molecule has 1 fully saturated rings. The molecule has 1 heterocycles. The van der Waals surface area contributed by atoms with Crippen LogP contribution in [-0.4, -0.2) is 34.7 Å². The lowest BCUT2D eigenvalue weighted by molar-refractivity contribution is -0.384. The lowest BCUT2D eigenvalue weighted by Gasteiger charge is -2.17. The van der Waals surface area contributed by atoms with E-state index in [0.717, 1.165) is 17.5 Å². The van der Waals surface area contributed by atoms with Crippen LogP contribution in [0.1, 0.15) is 17.5 Å². The predicted molar refractivity (Wildman–Crippen MR) is 101 cm³/mol. The first-order valence-corrected chi connectivity index (χ1v) is 8.81. The number of carbonyl (C=O) groups excluding carboxylic acids is 2. The lowest BCUT2D eigenvalue weighted by Crippen LogP contribution is -2.30. The van der Waals surface area contributed by atoms with Gasteiger partial charge in [-0.15, -0.1) is 0 Å². The van der Waals surface area contributed by atoms with Crippen molar-refractivity contribution in [1.29, 1.82) is 0 Å². The van der Waals surface area contributed by atoms with Crippen molar-refractivity contribution < 1.29 is 14.5 Å². The highest BCUT2D eigenvalue weighted by Crippen LogP contribution is 2.25. The Morgan fingerprint density at radius 2 is 2.00 bits per heavy atom. The molecule has 2 aromatic rings. The van der Waals surface area contributed by atoms with E-state index in [2.05, 4.69) is 5.32 Å². The number of hydrogen-bond acceptors (Lipinski definition) is 4. The molecular weight excluding hydrogens is 346 g/mol. The summed E-state index contributed by atoms with van der Waals surface area (Å²) < 4.78 is 0. The van der Waals surface area contributed by atoms with Gasteiger partial charge in [0.05, 0.1) is 16.5 Å². The molecule has 3 rings (SSSR count). The molecule has 0 aromatic heterocycles. The number of hydrogen-bond donors (Lipinski definition) is 1. The molecule has 1 aliphatic heterocycles. The highest BCUT2D eigenvalue weighted by Gasteiger charge is 2.34. The van der Waals surface area contributed by atoms with Gasteiger partial charge in [-0.3, -0.25) is 19.7 Å².